The van der Waals surface area contributed by atoms with Crippen LogP contribution < -0.4 is 9.62 Å². The van der Waals surface area contributed by atoms with Crippen LogP contribution in [-0.4, -0.2) is 33.2 Å². The molecule has 0 fully saturated rings. The van der Waals surface area contributed by atoms with Crippen LogP contribution in [0.25, 0.3) is 0 Å². The molecule has 5 nitrogen and oxygen atoms in total. The maximum Gasteiger partial charge on any atom is 0.240 e. The van der Waals surface area contributed by atoms with Gasteiger partial charge in [0.25, 0.3) is 0 Å². The minimum absolute atomic E-state index is 0.0468. The second-order valence-corrected chi connectivity index (χ2v) is 9.38. The van der Waals surface area contributed by atoms with Crippen LogP contribution in [0.15, 0.2) is 54.6 Å². The van der Waals surface area contributed by atoms with Crippen LogP contribution >= 0.6 is 0 Å². The van der Waals surface area contributed by atoms with Crippen molar-refractivity contribution in [2.45, 2.75) is 45.6 Å². The fourth-order valence-electron chi connectivity index (χ4n) is 3.13. The fourth-order valence-corrected chi connectivity index (χ4v) is 4.01. The summed E-state index contributed by atoms with van der Waals surface area (Å²) in [5.41, 5.74) is 2.68. The number of carbonyl (C=O) groups is 1. The van der Waals surface area contributed by atoms with Crippen LogP contribution in [0.1, 0.15) is 44.2 Å². The topological polar surface area (TPSA) is 66.5 Å². The molecule has 1 atom stereocenters. The van der Waals surface area contributed by atoms with E-state index in [1.165, 1.54) is 9.87 Å². The molecular formula is C22H30N2O3S. The quantitative estimate of drug-likeness (QED) is 0.695. The van der Waals surface area contributed by atoms with Gasteiger partial charge in [-0.25, -0.2) is 8.42 Å². The third-order valence-electron chi connectivity index (χ3n) is 4.63. The highest BCUT2D eigenvalue weighted by atomic mass is 32.2. The first kappa shape index (κ1) is 22.0. The summed E-state index contributed by atoms with van der Waals surface area (Å²) < 4.78 is 26.0. The molecule has 1 unspecified atom stereocenters. The van der Waals surface area contributed by atoms with E-state index in [0.717, 1.165) is 24.7 Å². The standard InChI is InChI=1S/C22H30N2O3S/c1-17(2)20-12-8-9-13-21(20)24(28(4,26)27)16-22(25)23-18(3)14-15-19-10-6-5-7-11-19/h5-13,17-18H,14-16H2,1-4H3,(H,23,25). The Morgan fingerprint density at radius 3 is 2.21 bits per heavy atom. The number of aryl methyl sites for hydroxylation is 1. The minimum Gasteiger partial charge on any atom is -0.352 e. The summed E-state index contributed by atoms with van der Waals surface area (Å²) in [7, 11) is -3.59. The van der Waals surface area contributed by atoms with Crippen molar-refractivity contribution in [3.63, 3.8) is 0 Å². The smallest absolute Gasteiger partial charge is 0.240 e. The Labute approximate surface area is 168 Å². The van der Waals surface area contributed by atoms with Crippen LogP contribution in [0.5, 0.6) is 0 Å². The van der Waals surface area contributed by atoms with E-state index in [4.69, 9.17) is 0 Å². The number of hydrogen-bond acceptors (Lipinski definition) is 3. The summed E-state index contributed by atoms with van der Waals surface area (Å²) >= 11 is 0. The van der Waals surface area contributed by atoms with Gasteiger partial charge in [0, 0.05) is 6.04 Å². The van der Waals surface area contributed by atoms with E-state index >= 15 is 0 Å². The maximum absolute atomic E-state index is 12.6. The zero-order chi connectivity index (χ0) is 20.7. The molecule has 152 valence electrons. The van der Waals surface area contributed by atoms with E-state index < -0.39 is 10.0 Å². The van der Waals surface area contributed by atoms with Gasteiger partial charge in [-0.1, -0.05) is 62.4 Å². The molecule has 0 radical (unpaired) electrons. The average molecular weight is 403 g/mol. The number of amides is 1. The zero-order valence-electron chi connectivity index (χ0n) is 17.1. The first-order valence-electron chi connectivity index (χ1n) is 9.58. The molecule has 0 heterocycles. The first-order valence-corrected chi connectivity index (χ1v) is 11.4. The summed E-state index contributed by atoms with van der Waals surface area (Å²) in [4.78, 5) is 12.6. The van der Waals surface area contributed by atoms with Crippen LogP contribution in [0, 0.1) is 0 Å². The molecule has 0 bridgehead atoms. The largest absolute Gasteiger partial charge is 0.352 e. The lowest BCUT2D eigenvalue weighted by Crippen LogP contribution is -2.43. The molecule has 0 aromatic heterocycles. The predicted octanol–water partition coefficient (Wildman–Crippen LogP) is 3.71. The van der Waals surface area contributed by atoms with Gasteiger partial charge >= 0.3 is 0 Å². The number of hydrogen-bond donors (Lipinski definition) is 1. The van der Waals surface area contributed by atoms with Gasteiger partial charge in [-0.3, -0.25) is 9.10 Å². The number of benzene rings is 2. The molecule has 2 aromatic rings. The summed E-state index contributed by atoms with van der Waals surface area (Å²) in [6.07, 6.45) is 2.78. The fraction of sp³-hybridized carbons (Fsp3) is 0.409. The third-order valence-corrected chi connectivity index (χ3v) is 5.76. The van der Waals surface area contributed by atoms with E-state index in [1.807, 2.05) is 51.1 Å². The van der Waals surface area contributed by atoms with Crippen LogP contribution in [0.4, 0.5) is 5.69 Å². The highest BCUT2D eigenvalue weighted by molar-refractivity contribution is 7.92. The number of sulfonamides is 1. The Balaban J connectivity index is 2.06. The van der Waals surface area contributed by atoms with Crippen LogP contribution in [-0.2, 0) is 21.2 Å². The van der Waals surface area contributed by atoms with Gasteiger partial charge in [-0.15, -0.1) is 0 Å². The second kappa shape index (κ2) is 9.73. The number of rotatable bonds is 9. The molecule has 0 spiro atoms. The molecular weight excluding hydrogens is 372 g/mol. The molecule has 0 saturated carbocycles. The van der Waals surface area contributed by atoms with Crippen molar-refractivity contribution in [1.82, 2.24) is 5.32 Å². The highest BCUT2D eigenvalue weighted by Gasteiger charge is 2.24. The number of para-hydroxylation sites is 1. The number of carbonyl (C=O) groups excluding carboxylic acids is 1. The Bertz CT molecular complexity index is 880. The van der Waals surface area contributed by atoms with Crippen molar-refractivity contribution in [2.24, 2.45) is 0 Å². The molecule has 2 rings (SSSR count). The van der Waals surface area contributed by atoms with E-state index in [0.29, 0.717) is 5.69 Å². The first-order chi connectivity index (χ1) is 13.2. The monoisotopic (exact) mass is 402 g/mol. The molecule has 28 heavy (non-hydrogen) atoms. The lowest BCUT2D eigenvalue weighted by atomic mass is 10.0. The van der Waals surface area contributed by atoms with Gasteiger partial charge < -0.3 is 5.32 Å². The van der Waals surface area contributed by atoms with E-state index in [2.05, 4.69) is 17.4 Å². The van der Waals surface area contributed by atoms with Crippen LogP contribution in [0.2, 0.25) is 0 Å². The zero-order valence-corrected chi connectivity index (χ0v) is 17.9. The molecule has 0 saturated heterocycles. The van der Waals surface area contributed by atoms with Crippen molar-refractivity contribution in [1.29, 1.82) is 0 Å². The Morgan fingerprint density at radius 1 is 1.00 bits per heavy atom. The Kier molecular flexibility index (Phi) is 7.63. The molecule has 6 heteroatoms. The summed E-state index contributed by atoms with van der Waals surface area (Å²) in [5.74, 6) is -0.155. The number of nitrogens with zero attached hydrogens (tertiary/aromatic N) is 1. The molecule has 1 N–H and O–H groups in total. The Hall–Kier alpha value is -2.34. The molecule has 0 aliphatic rings. The van der Waals surface area contributed by atoms with Gasteiger partial charge in [0.1, 0.15) is 6.54 Å². The summed E-state index contributed by atoms with van der Waals surface area (Å²) in [6, 6.07) is 17.4. The van der Waals surface area contributed by atoms with Crippen molar-refractivity contribution >= 4 is 21.6 Å². The van der Waals surface area contributed by atoms with Gasteiger partial charge in [0.2, 0.25) is 15.9 Å². The maximum atomic E-state index is 12.6. The number of nitrogens with one attached hydrogen (secondary N) is 1. The minimum atomic E-state index is -3.59. The summed E-state index contributed by atoms with van der Waals surface area (Å²) in [6.45, 7) is 5.72. The summed E-state index contributed by atoms with van der Waals surface area (Å²) in [5, 5.41) is 2.93. The van der Waals surface area contributed by atoms with Crippen molar-refractivity contribution in [3.8, 4) is 0 Å². The van der Waals surface area contributed by atoms with Crippen molar-refractivity contribution in [2.75, 3.05) is 17.1 Å². The Morgan fingerprint density at radius 2 is 1.61 bits per heavy atom. The molecule has 2 aromatic carbocycles. The average Bonchev–Trinajstić information content (AvgIpc) is 2.64. The van der Waals surface area contributed by atoms with Gasteiger partial charge in [-0.2, -0.15) is 0 Å². The highest BCUT2D eigenvalue weighted by Crippen LogP contribution is 2.28. The lowest BCUT2D eigenvalue weighted by Gasteiger charge is -2.26. The SMILES string of the molecule is CC(CCc1ccccc1)NC(=O)CN(c1ccccc1C(C)C)S(C)(=O)=O. The molecule has 0 aliphatic carbocycles. The lowest BCUT2D eigenvalue weighted by molar-refractivity contribution is -0.120. The third kappa shape index (κ3) is 6.37. The number of anilines is 1. The predicted molar refractivity (Wildman–Crippen MR) is 115 cm³/mol. The van der Waals surface area contributed by atoms with E-state index in [-0.39, 0.29) is 24.4 Å². The second-order valence-electron chi connectivity index (χ2n) is 7.48. The van der Waals surface area contributed by atoms with Crippen molar-refractivity contribution < 1.29 is 13.2 Å². The van der Waals surface area contributed by atoms with Crippen molar-refractivity contribution in [3.05, 3.63) is 65.7 Å². The van der Waals surface area contributed by atoms with E-state index in [9.17, 15) is 13.2 Å². The molecule has 0 aliphatic heterocycles. The van der Waals surface area contributed by atoms with Crippen LogP contribution in [0.3, 0.4) is 0 Å². The van der Waals surface area contributed by atoms with Gasteiger partial charge in [0.05, 0.1) is 11.9 Å². The van der Waals surface area contributed by atoms with Gasteiger partial charge in [0.15, 0.2) is 0 Å². The van der Waals surface area contributed by atoms with E-state index in [1.54, 1.807) is 12.1 Å². The van der Waals surface area contributed by atoms with Gasteiger partial charge in [-0.05, 0) is 42.9 Å². The normalized spacial score (nSPS) is 12.6. The molecule has 1 amide bonds.